The number of furan rings is 1. The first kappa shape index (κ1) is 20.8. The van der Waals surface area contributed by atoms with Crippen molar-refractivity contribution in [1.82, 2.24) is 15.5 Å². The van der Waals surface area contributed by atoms with Crippen LogP contribution in [-0.2, 0) is 17.8 Å². The number of piperidine rings is 1. The highest BCUT2D eigenvalue weighted by atomic mass is 19.1. The van der Waals surface area contributed by atoms with Gasteiger partial charge in [-0.05, 0) is 50.5 Å². The summed E-state index contributed by atoms with van der Waals surface area (Å²) in [5.74, 6) is -0.751. The molecule has 3 amide bonds. The molecule has 156 valence electrons. The number of hydrogen-bond acceptors (Lipinski definition) is 3. The summed E-state index contributed by atoms with van der Waals surface area (Å²) in [6, 6.07) is 6.56. The fourth-order valence-corrected chi connectivity index (χ4v) is 3.46. The van der Waals surface area contributed by atoms with Gasteiger partial charge in [-0.3, -0.25) is 4.79 Å². The van der Waals surface area contributed by atoms with Crippen LogP contribution in [0.15, 0.2) is 41.0 Å². The topological polar surface area (TPSA) is 74.6 Å². The van der Waals surface area contributed by atoms with E-state index >= 15 is 0 Å². The minimum atomic E-state index is -0.618. The van der Waals surface area contributed by atoms with Crippen molar-refractivity contribution in [1.29, 1.82) is 0 Å². The Morgan fingerprint density at radius 2 is 1.86 bits per heavy atom. The molecule has 0 spiro atoms. The maximum atomic E-state index is 13.8. The number of nitrogens with zero attached hydrogens (tertiary/aromatic N) is 1. The van der Waals surface area contributed by atoms with E-state index in [2.05, 4.69) is 10.6 Å². The maximum Gasteiger partial charge on any atom is 0.317 e. The van der Waals surface area contributed by atoms with Crippen LogP contribution in [0.25, 0.3) is 0 Å². The smallest absolute Gasteiger partial charge is 0.317 e. The van der Waals surface area contributed by atoms with E-state index in [-0.39, 0.29) is 29.8 Å². The number of carbonyl (C=O) groups excluding carboxylic acids is 2. The SMILES string of the molecule is CC(Cc1c(F)cccc1F)NC(=O)N1CCC(C(=O)NCc2ccco2)CC1. The Balaban J connectivity index is 1.43. The molecule has 8 heteroatoms. The summed E-state index contributed by atoms with van der Waals surface area (Å²) in [4.78, 5) is 26.3. The van der Waals surface area contributed by atoms with Crippen LogP contribution in [0.5, 0.6) is 0 Å². The van der Waals surface area contributed by atoms with Crippen LogP contribution < -0.4 is 10.6 Å². The number of halogens is 2. The molecule has 2 aromatic rings. The second-order valence-corrected chi connectivity index (χ2v) is 7.31. The summed E-state index contributed by atoms with van der Waals surface area (Å²) in [6.07, 6.45) is 2.75. The summed E-state index contributed by atoms with van der Waals surface area (Å²) >= 11 is 0. The predicted molar refractivity (Wildman–Crippen MR) is 103 cm³/mol. The first-order valence-corrected chi connectivity index (χ1v) is 9.72. The molecule has 1 fully saturated rings. The van der Waals surface area contributed by atoms with Gasteiger partial charge in [-0.15, -0.1) is 0 Å². The summed E-state index contributed by atoms with van der Waals surface area (Å²) in [5, 5.41) is 5.63. The largest absolute Gasteiger partial charge is 0.467 e. The van der Waals surface area contributed by atoms with Crippen molar-refractivity contribution in [2.45, 2.75) is 38.8 Å². The fourth-order valence-electron chi connectivity index (χ4n) is 3.46. The molecule has 2 N–H and O–H groups in total. The highest BCUT2D eigenvalue weighted by molar-refractivity contribution is 5.79. The number of carbonyl (C=O) groups is 2. The molecule has 1 unspecified atom stereocenters. The van der Waals surface area contributed by atoms with Gasteiger partial charge in [-0.25, -0.2) is 13.6 Å². The molecule has 2 heterocycles. The minimum absolute atomic E-state index is 0.0350. The van der Waals surface area contributed by atoms with Crippen LogP contribution >= 0.6 is 0 Å². The van der Waals surface area contributed by atoms with Crippen molar-refractivity contribution in [2.24, 2.45) is 5.92 Å². The first-order chi connectivity index (χ1) is 13.9. The number of hydrogen-bond donors (Lipinski definition) is 2. The number of amides is 3. The standard InChI is InChI=1S/C21H25F2N3O3/c1-14(12-17-18(22)5-2-6-19(17)23)25-21(28)26-9-7-15(8-10-26)20(27)24-13-16-4-3-11-29-16/h2-6,11,14-15H,7-10,12-13H2,1H3,(H,24,27)(H,25,28). The summed E-state index contributed by atoms with van der Waals surface area (Å²) < 4.78 is 32.7. The Morgan fingerprint density at radius 3 is 2.48 bits per heavy atom. The van der Waals surface area contributed by atoms with Gasteiger partial charge in [0, 0.05) is 30.6 Å². The van der Waals surface area contributed by atoms with E-state index in [0.717, 1.165) is 0 Å². The van der Waals surface area contributed by atoms with Gasteiger partial charge in [0.05, 0.1) is 12.8 Å². The number of nitrogens with one attached hydrogen (secondary N) is 2. The molecular weight excluding hydrogens is 380 g/mol. The van der Waals surface area contributed by atoms with E-state index < -0.39 is 17.7 Å². The lowest BCUT2D eigenvalue weighted by Gasteiger charge is -2.32. The maximum absolute atomic E-state index is 13.8. The van der Waals surface area contributed by atoms with Crippen LogP contribution in [0.4, 0.5) is 13.6 Å². The molecule has 3 rings (SSSR count). The molecule has 29 heavy (non-hydrogen) atoms. The summed E-state index contributed by atoms with van der Waals surface area (Å²) in [7, 11) is 0. The van der Waals surface area contributed by atoms with Crippen molar-refractivity contribution < 1.29 is 22.8 Å². The van der Waals surface area contributed by atoms with Gasteiger partial charge in [0.1, 0.15) is 17.4 Å². The summed E-state index contributed by atoms with van der Waals surface area (Å²) in [5.41, 5.74) is -0.0350. The Labute approximate surface area is 168 Å². The van der Waals surface area contributed by atoms with E-state index in [1.54, 1.807) is 30.2 Å². The number of rotatable bonds is 6. The van der Waals surface area contributed by atoms with Crippen LogP contribution in [0.2, 0.25) is 0 Å². The lowest BCUT2D eigenvalue weighted by atomic mass is 9.96. The minimum Gasteiger partial charge on any atom is -0.467 e. The zero-order chi connectivity index (χ0) is 20.8. The van der Waals surface area contributed by atoms with Crippen LogP contribution in [-0.4, -0.2) is 36.0 Å². The predicted octanol–water partition coefficient (Wildman–Crippen LogP) is 3.23. The fraction of sp³-hybridized carbons (Fsp3) is 0.429. The van der Waals surface area contributed by atoms with E-state index in [4.69, 9.17) is 4.42 Å². The zero-order valence-corrected chi connectivity index (χ0v) is 16.3. The molecule has 0 saturated carbocycles. The Morgan fingerprint density at radius 1 is 1.17 bits per heavy atom. The average molecular weight is 405 g/mol. The van der Waals surface area contributed by atoms with Gasteiger partial charge >= 0.3 is 6.03 Å². The molecule has 1 atom stereocenters. The lowest BCUT2D eigenvalue weighted by Crippen LogP contribution is -2.49. The van der Waals surface area contributed by atoms with Crippen molar-refractivity contribution in [3.63, 3.8) is 0 Å². The van der Waals surface area contributed by atoms with E-state index in [0.29, 0.717) is 38.2 Å². The third-order valence-corrected chi connectivity index (χ3v) is 5.11. The van der Waals surface area contributed by atoms with Gasteiger partial charge in [0.25, 0.3) is 0 Å². The molecule has 0 bridgehead atoms. The Kier molecular flexibility index (Phi) is 6.85. The lowest BCUT2D eigenvalue weighted by molar-refractivity contribution is -0.126. The number of benzene rings is 1. The van der Waals surface area contributed by atoms with Gasteiger partial charge < -0.3 is 20.0 Å². The second kappa shape index (κ2) is 9.54. The monoisotopic (exact) mass is 405 g/mol. The van der Waals surface area contributed by atoms with Crippen molar-refractivity contribution in [3.8, 4) is 0 Å². The molecule has 0 aliphatic carbocycles. The Bertz CT molecular complexity index is 813. The van der Waals surface area contributed by atoms with Gasteiger partial charge in [0.15, 0.2) is 0 Å². The molecule has 1 saturated heterocycles. The van der Waals surface area contributed by atoms with Gasteiger partial charge in [-0.1, -0.05) is 6.07 Å². The normalized spacial score (nSPS) is 15.8. The number of likely N-dealkylation sites (tertiary alicyclic amines) is 1. The van der Waals surface area contributed by atoms with Crippen molar-refractivity contribution in [2.75, 3.05) is 13.1 Å². The van der Waals surface area contributed by atoms with Crippen LogP contribution in [0, 0.1) is 17.6 Å². The second-order valence-electron chi connectivity index (χ2n) is 7.31. The van der Waals surface area contributed by atoms with Crippen LogP contribution in [0.3, 0.4) is 0 Å². The van der Waals surface area contributed by atoms with Crippen molar-refractivity contribution in [3.05, 3.63) is 59.6 Å². The van der Waals surface area contributed by atoms with Gasteiger partial charge in [-0.2, -0.15) is 0 Å². The molecular formula is C21H25F2N3O3. The average Bonchev–Trinajstić information content (AvgIpc) is 3.23. The highest BCUT2D eigenvalue weighted by Gasteiger charge is 2.28. The quantitative estimate of drug-likeness (QED) is 0.775. The van der Waals surface area contributed by atoms with Gasteiger partial charge in [0.2, 0.25) is 5.91 Å². The van der Waals surface area contributed by atoms with E-state index in [9.17, 15) is 18.4 Å². The molecule has 1 aliphatic heterocycles. The molecule has 1 aromatic carbocycles. The first-order valence-electron chi connectivity index (χ1n) is 9.72. The zero-order valence-electron chi connectivity index (χ0n) is 16.3. The van der Waals surface area contributed by atoms with E-state index in [1.807, 2.05) is 0 Å². The van der Waals surface area contributed by atoms with Crippen LogP contribution in [0.1, 0.15) is 31.1 Å². The molecule has 0 radical (unpaired) electrons. The number of urea groups is 1. The molecule has 6 nitrogen and oxygen atoms in total. The summed E-state index contributed by atoms with van der Waals surface area (Å²) in [6.45, 7) is 2.95. The van der Waals surface area contributed by atoms with E-state index in [1.165, 1.54) is 18.2 Å². The highest BCUT2D eigenvalue weighted by Crippen LogP contribution is 2.18. The third-order valence-electron chi connectivity index (χ3n) is 5.11. The van der Waals surface area contributed by atoms with Crippen molar-refractivity contribution >= 4 is 11.9 Å². The molecule has 1 aliphatic rings. The third kappa shape index (κ3) is 5.56. The Hall–Kier alpha value is -2.90. The molecule has 1 aromatic heterocycles.